The van der Waals surface area contributed by atoms with Crippen LogP contribution in [0.1, 0.15) is 62.1 Å². The second-order valence-corrected chi connectivity index (χ2v) is 9.49. The number of nitrogens with one attached hydrogen (secondary N) is 1. The van der Waals surface area contributed by atoms with Crippen LogP contribution >= 0.6 is 15.9 Å². The van der Waals surface area contributed by atoms with Gasteiger partial charge in [-0.1, -0.05) is 25.3 Å². The molecule has 1 aliphatic carbocycles. The van der Waals surface area contributed by atoms with E-state index >= 15 is 0 Å². The number of piperidine rings is 1. The van der Waals surface area contributed by atoms with Crippen molar-refractivity contribution in [2.45, 2.75) is 63.5 Å². The number of aromatic nitrogens is 4. The maximum Gasteiger partial charge on any atom is 0.171 e. The first kappa shape index (κ1) is 19.9. The van der Waals surface area contributed by atoms with Gasteiger partial charge in [0.05, 0.1) is 16.4 Å². The third-order valence-electron chi connectivity index (χ3n) is 6.61. The number of halogens is 1. The zero-order valence-electron chi connectivity index (χ0n) is 17.3. The second kappa shape index (κ2) is 9.02. The Balaban J connectivity index is 1.40. The van der Waals surface area contributed by atoms with Gasteiger partial charge in [0.15, 0.2) is 5.65 Å². The van der Waals surface area contributed by atoms with E-state index in [1.165, 1.54) is 57.2 Å². The summed E-state index contributed by atoms with van der Waals surface area (Å²) in [6, 6.07) is 7.03. The Morgan fingerprint density at radius 1 is 1.10 bits per heavy atom. The molecule has 1 N–H and O–H groups in total. The standard InChI is InChI=1S/C23H29BrN6/c24-20-15-27-30-22(26-14-17-6-4-10-25-13-17)12-21(28-23(20)30)18-7-5-11-29(16-18)19-8-2-1-3-9-19/h4,6,10,12-13,15,18-19,26H,1-3,5,7-9,11,14,16H2. The van der Waals surface area contributed by atoms with Gasteiger partial charge in [-0.2, -0.15) is 9.61 Å². The van der Waals surface area contributed by atoms with Crippen molar-refractivity contribution >= 4 is 27.4 Å². The minimum atomic E-state index is 0.478. The summed E-state index contributed by atoms with van der Waals surface area (Å²) in [5.74, 6) is 1.46. The fraction of sp³-hybridized carbons (Fsp3) is 0.522. The molecule has 2 fully saturated rings. The van der Waals surface area contributed by atoms with Crippen molar-refractivity contribution in [2.24, 2.45) is 0 Å². The summed E-state index contributed by atoms with van der Waals surface area (Å²) in [5.41, 5.74) is 3.21. The topological polar surface area (TPSA) is 58.4 Å². The summed E-state index contributed by atoms with van der Waals surface area (Å²) < 4.78 is 2.83. The largest absolute Gasteiger partial charge is 0.366 e. The van der Waals surface area contributed by atoms with E-state index in [-0.39, 0.29) is 0 Å². The first-order valence-electron chi connectivity index (χ1n) is 11.2. The third-order valence-corrected chi connectivity index (χ3v) is 7.17. The Labute approximate surface area is 186 Å². The molecule has 1 unspecified atom stereocenters. The lowest BCUT2D eigenvalue weighted by atomic mass is 9.89. The van der Waals surface area contributed by atoms with Crippen LogP contribution in [0.25, 0.3) is 5.65 Å². The lowest BCUT2D eigenvalue weighted by molar-refractivity contribution is 0.118. The van der Waals surface area contributed by atoms with Gasteiger partial charge in [0.2, 0.25) is 0 Å². The number of hydrogen-bond acceptors (Lipinski definition) is 5. The van der Waals surface area contributed by atoms with E-state index in [9.17, 15) is 0 Å². The van der Waals surface area contributed by atoms with Crippen LogP contribution in [0.4, 0.5) is 5.82 Å². The Bertz CT molecular complexity index is 982. The Morgan fingerprint density at radius 2 is 2.00 bits per heavy atom. The average molecular weight is 469 g/mol. The van der Waals surface area contributed by atoms with Crippen molar-refractivity contribution in [3.05, 3.63) is 52.5 Å². The number of anilines is 1. The molecule has 5 rings (SSSR count). The van der Waals surface area contributed by atoms with Crippen molar-refractivity contribution < 1.29 is 0 Å². The molecule has 7 heteroatoms. The molecule has 1 atom stereocenters. The Morgan fingerprint density at radius 3 is 2.83 bits per heavy atom. The van der Waals surface area contributed by atoms with E-state index in [4.69, 9.17) is 4.98 Å². The van der Waals surface area contributed by atoms with Gasteiger partial charge in [-0.05, 0) is 59.8 Å². The zero-order valence-corrected chi connectivity index (χ0v) is 18.9. The van der Waals surface area contributed by atoms with E-state index < -0.39 is 0 Å². The van der Waals surface area contributed by atoms with Crippen molar-refractivity contribution in [3.8, 4) is 0 Å². The summed E-state index contributed by atoms with van der Waals surface area (Å²) >= 11 is 3.64. The highest BCUT2D eigenvalue weighted by molar-refractivity contribution is 9.10. The van der Waals surface area contributed by atoms with Gasteiger partial charge >= 0.3 is 0 Å². The minimum absolute atomic E-state index is 0.478. The molecule has 30 heavy (non-hydrogen) atoms. The molecule has 0 amide bonds. The van der Waals surface area contributed by atoms with Crippen LogP contribution in [0, 0.1) is 0 Å². The monoisotopic (exact) mass is 468 g/mol. The lowest BCUT2D eigenvalue weighted by Gasteiger charge is -2.40. The summed E-state index contributed by atoms with van der Waals surface area (Å²) in [7, 11) is 0. The molecule has 1 saturated carbocycles. The predicted octanol–water partition coefficient (Wildman–Crippen LogP) is 5.01. The normalized spacial score (nSPS) is 21.2. The van der Waals surface area contributed by atoms with Gasteiger partial charge in [-0.3, -0.25) is 9.88 Å². The van der Waals surface area contributed by atoms with Gasteiger partial charge < -0.3 is 5.32 Å². The fourth-order valence-corrected chi connectivity index (χ4v) is 5.36. The highest BCUT2D eigenvalue weighted by Crippen LogP contribution is 2.33. The highest BCUT2D eigenvalue weighted by atomic mass is 79.9. The molecular weight excluding hydrogens is 440 g/mol. The van der Waals surface area contributed by atoms with Crippen LogP contribution in [-0.2, 0) is 6.54 Å². The van der Waals surface area contributed by atoms with Gasteiger partial charge in [-0.25, -0.2) is 4.98 Å². The average Bonchev–Trinajstić information content (AvgIpc) is 3.19. The molecule has 0 spiro atoms. The molecule has 0 aromatic carbocycles. The smallest absolute Gasteiger partial charge is 0.171 e. The van der Waals surface area contributed by atoms with Crippen LogP contribution in [-0.4, -0.2) is 43.6 Å². The number of likely N-dealkylation sites (tertiary alicyclic amines) is 1. The number of hydrogen-bond donors (Lipinski definition) is 1. The second-order valence-electron chi connectivity index (χ2n) is 8.63. The van der Waals surface area contributed by atoms with Gasteiger partial charge in [0.25, 0.3) is 0 Å². The molecule has 1 saturated heterocycles. The maximum atomic E-state index is 5.03. The first-order chi connectivity index (χ1) is 14.8. The van der Waals surface area contributed by atoms with E-state index in [0.29, 0.717) is 12.5 Å². The number of fused-ring (bicyclic) bond motifs is 1. The SMILES string of the molecule is Brc1cnn2c(NCc3cccnc3)cc(C3CCCN(C4CCCCC4)C3)nc12. The molecule has 3 aromatic heterocycles. The van der Waals surface area contributed by atoms with Gasteiger partial charge in [-0.15, -0.1) is 0 Å². The third kappa shape index (κ3) is 4.23. The van der Waals surface area contributed by atoms with Gasteiger partial charge in [0, 0.05) is 43.5 Å². The summed E-state index contributed by atoms with van der Waals surface area (Å²) in [5, 5.41) is 8.08. The molecule has 1 aliphatic heterocycles. The lowest BCUT2D eigenvalue weighted by Crippen LogP contribution is -2.43. The number of rotatable bonds is 5. The predicted molar refractivity (Wildman–Crippen MR) is 123 cm³/mol. The first-order valence-corrected chi connectivity index (χ1v) is 12.0. The molecule has 4 heterocycles. The van der Waals surface area contributed by atoms with E-state index in [1.807, 2.05) is 23.0 Å². The van der Waals surface area contributed by atoms with Crippen molar-refractivity contribution in [2.75, 3.05) is 18.4 Å². The highest BCUT2D eigenvalue weighted by Gasteiger charge is 2.29. The fourth-order valence-electron chi connectivity index (χ4n) is 5.01. The van der Waals surface area contributed by atoms with E-state index in [1.54, 1.807) is 6.20 Å². The molecule has 3 aromatic rings. The number of nitrogens with zero attached hydrogens (tertiary/aromatic N) is 5. The summed E-state index contributed by atoms with van der Waals surface area (Å²) in [4.78, 5) is 12.0. The Hall–Kier alpha value is -1.99. The maximum absolute atomic E-state index is 5.03. The van der Waals surface area contributed by atoms with E-state index in [0.717, 1.165) is 34.1 Å². The molecule has 158 valence electrons. The van der Waals surface area contributed by atoms with Crippen molar-refractivity contribution in [1.82, 2.24) is 24.5 Å². The van der Waals surface area contributed by atoms with Crippen molar-refractivity contribution in [1.29, 1.82) is 0 Å². The zero-order chi connectivity index (χ0) is 20.3. The van der Waals surface area contributed by atoms with Crippen LogP contribution in [0.2, 0.25) is 0 Å². The van der Waals surface area contributed by atoms with E-state index in [2.05, 4.69) is 48.4 Å². The molecule has 0 radical (unpaired) electrons. The number of pyridine rings is 1. The van der Waals surface area contributed by atoms with Gasteiger partial charge in [0.1, 0.15) is 5.82 Å². The minimum Gasteiger partial charge on any atom is -0.366 e. The molecule has 2 aliphatic rings. The summed E-state index contributed by atoms with van der Waals surface area (Å²) in [6.45, 7) is 3.08. The van der Waals surface area contributed by atoms with Crippen LogP contribution in [0.3, 0.4) is 0 Å². The quantitative estimate of drug-likeness (QED) is 0.569. The summed E-state index contributed by atoms with van der Waals surface area (Å²) in [6.07, 6.45) is 14.9. The van der Waals surface area contributed by atoms with Crippen LogP contribution in [0.5, 0.6) is 0 Å². The van der Waals surface area contributed by atoms with Crippen molar-refractivity contribution in [3.63, 3.8) is 0 Å². The molecule has 0 bridgehead atoms. The Kier molecular flexibility index (Phi) is 6.00. The van der Waals surface area contributed by atoms with Crippen LogP contribution < -0.4 is 5.32 Å². The molecular formula is C23H29BrN6. The molecule has 6 nitrogen and oxygen atoms in total. The van der Waals surface area contributed by atoms with Crippen LogP contribution in [0.15, 0.2) is 41.3 Å².